The summed E-state index contributed by atoms with van der Waals surface area (Å²) < 4.78 is 10.4. The Bertz CT molecular complexity index is 2260. The van der Waals surface area contributed by atoms with Crippen LogP contribution in [-0.4, -0.2) is 31.2 Å². The maximum Gasteiger partial charge on any atom is 0.323 e. The number of hydrogen-bond acceptors (Lipinski definition) is 6. The van der Waals surface area contributed by atoms with Gasteiger partial charge in [0.2, 0.25) is 0 Å². The Labute approximate surface area is 333 Å². The van der Waals surface area contributed by atoms with Crippen molar-refractivity contribution >= 4 is 40.5 Å². The minimum absolute atomic E-state index is 0.188. The van der Waals surface area contributed by atoms with Crippen LogP contribution in [-0.2, 0) is 10.8 Å². The summed E-state index contributed by atoms with van der Waals surface area (Å²) in [7, 11) is 3.13. The number of anilines is 4. The van der Waals surface area contributed by atoms with Gasteiger partial charge in [-0.15, -0.1) is 0 Å². The predicted molar refractivity (Wildman–Crippen MR) is 227 cm³/mol. The second kappa shape index (κ2) is 17.5. The summed E-state index contributed by atoms with van der Waals surface area (Å²) in [5.41, 5.74) is 5.15. The van der Waals surface area contributed by atoms with Gasteiger partial charge in [-0.05, 0) is 101 Å². The fraction of sp³-hybridized carbons (Fsp3) is 0.217. The molecule has 0 radical (unpaired) electrons. The minimum atomic E-state index is -0.496. The molecule has 0 aliphatic heterocycles. The van der Waals surface area contributed by atoms with Gasteiger partial charge in [0.05, 0.1) is 30.5 Å². The molecule has 0 aromatic heterocycles. The lowest BCUT2D eigenvalue weighted by molar-refractivity contribution is -0.384. The molecule has 0 saturated carbocycles. The molecule has 0 unspecified atom stereocenters. The lowest BCUT2D eigenvalue weighted by Gasteiger charge is -2.20. The van der Waals surface area contributed by atoms with Crippen LogP contribution in [0.4, 0.5) is 38.0 Å². The number of ether oxygens (including phenoxy) is 2. The molecule has 5 aromatic rings. The van der Waals surface area contributed by atoms with E-state index in [4.69, 9.17) is 9.47 Å². The third-order valence-electron chi connectivity index (χ3n) is 8.77. The SMILES string of the molecule is COc1ccc(NC(=O)Nc2ccc(C(C)(C)C)cc2C#Cc2cc(C#Cc3cc(C(C)(C)C)ccc3NC(=O)Nc3ccc(OC)cc3)cc([N+](=O)[O-])c2)cc1. The molecule has 11 heteroatoms. The van der Waals surface area contributed by atoms with E-state index in [1.165, 1.54) is 12.1 Å². The van der Waals surface area contributed by atoms with Crippen LogP contribution in [0.15, 0.2) is 103 Å². The number of nitrogens with zero attached hydrogens (tertiary/aromatic N) is 1. The van der Waals surface area contributed by atoms with Gasteiger partial charge in [0.1, 0.15) is 11.5 Å². The van der Waals surface area contributed by atoms with E-state index in [0.29, 0.717) is 56.5 Å². The highest BCUT2D eigenvalue weighted by Crippen LogP contribution is 2.29. The van der Waals surface area contributed by atoms with E-state index in [0.717, 1.165) is 11.1 Å². The molecule has 0 heterocycles. The van der Waals surface area contributed by atoms with Crippen molar-refractivity contribution in [3.05, 3.63) is 147 Å². The molecule has 5 aromatic carbocycles. The summed E-state index contributed by atoms with van der Waals surface area (Å²) in [6.07, 6.45) is 0. The smallest absolute Gasteiger partial charge is 0.323 e. The van der Waals surface area contributed by atoms with E-state index in [2.05, 4.69) is 86.5 Å². The molecule has 4 amide bonds. The average molecular weight is 764 g/mol. The van der Waals surface area contributed by atoms with Crippen molar-refractivity contribution in [2.24, 2.45) is 0 Å². The number of methoxy groups -OCH3 is 2. The number of non-ortho nitro benzene ring substituents is 1. The van der Waals surface area contributed by atoms with Crippen LogP contribution in [0, 0.1) is 33.8 Å². The number of nitro benzene ring substituents is 1. The Morgan fingerprint density at radius 2 is 0.930 bits per heavy atom. The zero-order valence-electron chi connectivity index (χ0n) is 33.2. The van der Waals surface area contributed by atoms with Crippen LogP contribution >= 0.6 is 0 Å². The van der Waals surface area contributed by atoms with Gasteiger partial charge in [0.15, 0.2) is 0 Å². The zero-order chi connectivity index (χ0) is 41.3. The van der Waals surface area contributed by atoms with E-state index in [1.54, 1.807) is 80.9 Å². The second-order valence-electron chi connectivity index (χ2n) is 15.2. The Morgan fingerprint density at radius 3 is 1.26 bits per heavy atom. The lowest BCUT2D eigenvalue weighted by Crippen LogP contribution is -2.20. The number of nitro groups is 1. The molecule has 5 rings (SSSR count). The number of rotatable bonds is 7. The molecule has 11 nitrogen and oxygen atoms in total. The monoisotopic (exact) mass is 763 g/mol. The van der Waals surface area contributed by atoms with Crippen molar-refractivity contribution in [2.75, 3.05) is 35.5 Å². The minimum Gasteiger partial charge on any atom is -0.497 e. The molecule has 4 N–H and O–H groups in total. The van der Waals surface area contributed by atoms with Crippen LogP contribution < -0.4 is 30.7 Å². The first kappa shape index (κ1) is 40.9. The van der Waals surface area contributed by atoms with E-state index in [1.807, 2.05) is 24.3 Å². The number of carbonyl (C=O) groups is 2. The first-order chi connectivity index (χ1) is 27.0. The van der Waals surface area contributed by atoms with Crippen molar-refractivity contribution in [1.82, 2.24) is 0 Å². The Kier molecular flexibility index (Phi) is 12.6. The molecular weight excluding hydrogens is 719 g/mol. The maximum atomic E-state index is 13.0. The zero-order valence-corrected chi connectivity index (χ0v) is 33.2. The normalized spacial score (nSPS) is 10.8. The van der Waals surface area contributed by atoms with Crippen LogP contribution in [0.2, 0.25) is 0 Å². The van der Waals surface area contributed by atoms with Crippen molar-refractivity contribution in [1.29, 1.82) is 0 Å². The molecule has 57 heavy (non-hydrogen) atoms. The number of carbonyl (C=O) groups excluding carboxylic acids is 2. The largest absolute Gasteiger partial charge is 0.497 e. The third-order valence-corrected chi connectivity index (χ3v) is 8.77. The molecule has 0 aliphatic rings. The summed E-state index contributed by atoms with van der Waals surface area (Å²) in [4.78, 5) is 37.7. The first-order valence-corrected chi connectivity index (χ1v) is 18.1. The van der Waals surface area contributed by atoms with Gasteiger partial charge in [0, 0.05) is 45.8 Å². The van der Waals surface area contributed by atoms with Crippen molar-refractivity contribution in [3.8, 4) is 35.2 Å². The summed E-state index contributed by atoms with van der Waals surface area (Å²) in [5.74, 6) is 13.7. The third kappa shape index (κ3) is 11.4. The highest BCUT2D eigenvalue weighted by molar-refractivity contribution is 6.01. The molecule has 0 fully saturated rings. The van der Waals surface area contributed by atoms with Crippen LogP contribution in [0.1, 0.15) is 74.9 Å². The highest BCUT2D eigenvalue weighted by Gasteiger charge is 2.18. The topological polar surface area (TPSA) is 144 Å². The standard InChI is InChI=1S/C46H45N5O6/c1-45(2,3)34-13-23-41(49-43(52)47-36-15-19-39(56-7)20-16-36)32(28-34)11-9-30-25-31(27-38(26-30)51(54)55)10-12-33-29-35(46(4,5)6)14-24-42(33)50-44(53)48-37-17-21-40(57-8)22-18-37/h13-29H,1-8H3,(H2,47,49,52)(H2,48,50,53). The molecule has 0 atom stereocenters. The number of nitrogens with one attached hydrogen (secondary N) is 4. The van der Waals surface area contributed by atoms with Gasteiger partial charge in [0.25, 0.3) is 5.69 Å². The number of benzene rings is 5. The van der Waals surface area contributed by atoms with Crippen molar-refractivity contribution < 1.29 is 24.0 Å². The van der Waals surface area contributed by atoms with Gasteiger partial charge in [-0.3, -0.25) is 10.1 Å². The van der Waals surface area contributed by atoms with Crippen LogP contribution in [0.25, 0.3) is 0 Å². The maximum absolute atomic E-state index is 13.0. The Hall–Kier alpha value is -7.24. The van der Waals surface area contributed by atoms with E-state index in [-0.39, 0.29) is 16.5 Å². The summed E-state index contributed by atoms with van der Waals surface area (Å²) in [6, 6.07) is 28.6. The summed E-state index contributed by atoms with van der Waals surface area (Å²) >= 11 is 0. The quantitative estimate of drug-likeness (QED) is 0.0738. The number of urea groups is 2. The molecule has 0 aliphatic carbocycles. The average Bonchev–Trinajstić information content (AvgIpc) is 3.16. The summed E-state index contributed by atoms with van der Waals surface area (Å²) in [5, 5.41) is 23.4. The van der Waals surface area contributed by atoms with Gasteiger partial charge in [-0.2, -0.15) is 0 Å². The van der Waals surface area contributed by atoms with Crippen molar-refractivity contribution in [3.63, 3.8) is 0 Å². The van der Waals surface area contributed by atoms with Crippen molar-refractivity contribution in [2.45, 2.75) is 52.4 Å². The molecule has 290 valence electrons. The predicted octanol–water partition coefficient (Wildman–Crippen LogP) is 10.3. The molecule has 0 saturated heterocycles. The fourth-order valence-corrected chi connectivity index (χ4v) is 5.50. The summed E-state index contributed by atoms with van der Waals surface area (Å²) in [6.45, 7) is 12.4. The molecule has 0 spiro atoms. The van der Waals surface area contributed by atoms with Gasteiger partial charge < -0.3 is 30.7 Å². The highest BCUT2D eigenvalue weighted by atomic mass is 16.6. The Morgan fingerprint density at radius 1 is 0.544 bits per heavy atom. The van der Waals surface area contributed by atoms with Gasteiger partial charge in [-0.1, -0.05) is 77.4 Å². The van der Waals surface area contributed by atoms with Crippen LogP contribution in [0.3, 0.4) is 0 Å². The second-order valence-corrected chi connectivity index (χ2v) is 15.2. The molecular formula is C46H45N5O6. The van der Waals surface area contributed by atoms with Gasteiger partial charge in [-0.25, -0.2) is 9.59 Å². The van der Waals surface area contributed by atoms with E-state index >= 15 is 0 Å². The Balaban J connectivity index is 1.48. The molecule has 0 bridgehead atoms. The first-order valence-electron chi connectivity index (χ1n) is 18.1. The van der Waals surface area contributed by atoms with E-state index < -0.39 is 17.0 Å². The lowest BCUT2D eigenvalue weighted by atomic mass is 9.86. The van der Waals surface area contributed by atoms with E-state index in [9.17, 15) is 19.7 Å². The number of amides is 4. The van der Waals surface area contributed by atoms with Crippen LogP contribution in [0.5, 0.6) is 11.5 Å². The fourth-order valence-electron chi connectivity index (χ4n) is 5.50. The number of hydrogen-bond donors (Lipinski definition) is 4. The van der Waals surface area contributed by atoms with Gasteiger partial charge >= 0.3 is 12.1 Å².